The molecule has 0 aliphatic rings. The van der Waals surface area contributed by atoms with E-state index >= 15 is 0 Å². The Hall–Kier alpha value is -3.59. The molecule has 4 aromatic rings. The lowest BCUT2D eigenvalue weighted by molar-refractivity contribution is 0.324. The standard InChI is InChI=1S/C19H17ClN6O3/c1-27-13-7-11(8-14(28-2)17(13)29-3)26-9-15(22-10-26)24-18-16-12(5-4-6-21-16)23-19(20)25-18/h4-10H,1-3H3,(H,23,24,25). The first-order chi connectivity index (χ1) is 14.1. The molecule has 0 atom stereocenters. The molecule has 4 rings (SSSR count). The lowest BCUT2D eigenvalue weighted by Crippen LogP contribution is -1.99. The van der Waals surface area contributed by atoms with Crippen molar-refractivity contribution >= 4 is 34.3 Å². The zero-order valence-corrected chi connectivity index (χ0v) is 16.6. The Morgan fingerprint density at radius 3 is 2.45 bits per heavy atom. The molecule has 0 unspecified atom stereocenters. The van der Waals surface area contributed by atoms with Gasteiger partial charge in [-0.1, -0.05) is 0 Å². The van der Waals surface area contributed by atoms with E-state index in [9.17, 15) is 0 Å². The van der Waals surface area contributed by atoms with Crippen LogP contribution in [0, 0.1) is 0 Å². The van der Waals surface area contributed by atoms with Gasteiger partial charge in [-0.05, 0) is 23.7 Å². The van der Waals surface area contributed by atoms with Gasteiger partial charge in [-0.2, -0.15) is 4.98 Å². The van der Waals surface area contributed by atoms with Gasteiger partial charge >= 0.3 is 0 Å². The first-order valence-corrected chi connectivity index (χ1v) is 8.90. The molecular formula is C19H17ClN6O3. The third kappa shape index (κ3) is 3.59. The van der Waals surface area contributed by atoms with Gasteiger partial charge in [-0.15, -0.1) is 0 Å². The molecule has 9 nitrogen and oxygen atoms in total. The number of rotatable bonds is 6. The van der Waals surface area contributed by atoms with Crippen molar-refractivity contribution < 1.29 is 14.2 Å². The summed E-state index contributed by atoms with van der Waals surface area (Å²) in [6, 6.07) is 7.25. The number of benzene rings is 1. The van der Waals surface area contributed by atoms with E-state index in [2.05, 4.69) is 25.3 Å². The average Bonchev–Trinajstić information content (AvgIpc) is 3.21. The van der Waals surface area contributed by atoms with E-state index in [-0.39, 0.29) is 5.28 Å². The molecule has 0 spiro atoms. The van der Waals surface area contributed by atoms with Crippen molar-refractivity contribution in [2.24, 2.45) is 0 Å². The van der Waals surface area contributed by atoms with Crippen LogP contribution in [0.3, 0.4) is 0 Å². The van der Waals surface area contributed by atoms with E-state index in [0.29, 0.717) is 39.9 Å². The largest absolute Gasteiger partial charge is 0.493 e. The summed E-state index contributed by atoms with van der Waals surface area (Å²) in [7, 11) is 4.70. The SMILES string of the molecule is COc1cc(-n2cnc(Nc3nc(Cl)nc4cccnc34)c2)cc(OC)c1OC. The van der Waals surface area contributed by atoms with Crippen LogP contribution in [0.5, 0.6) is 17.2 Å². The van der Waals surface area contributed by atoms with Gasteiger partial charge in [0.1, 0.15) is 17.7 Å². The Morgan fingerprint density at radius 1 is 1.00 bits per heavy atom. The van der Waals surface area contributed by atoms with Crippen LogP contribution in [0.2, 0.25) is 5.28 Å². The van der Waals surface area contributed by atoms with Crippen LogP contribution in [0.1, 0.15) is 0 Å². The average molecular weight is 413 g/mol. The summed E-state index contributed by atoms with van der Waals surface area (Å²) >= 11 is 6.03. The number of methoxy groups -OCH3 is 3. The summed E-state index contributed by atoms with van der Waals surface area (Å²) in [4.78, 5) is 17.1. The first-order valence-electron chi connectivity index (χ1n) is 8.52. The van der Waals surface area contributed by atoms with E-state index in [0.717, 1.165) is 5.69 Å². The number of hydrogen-bond donors (Lipinski definition) is 1. The number of ether oxygens (including phenoxy) is 3. The number of halogens is 1. The molecule has 148 valence electrons. The van der Waals surface area contributed by atoms with Crippen molar-refractivity contribution in [2.75, 3.05) is 26.6 Å². The maximum absolute atomic E-state index is 6.03. The predicted molar refractivity (Wildman–Crippen MR) is 109 cm³/mol. The molecule has 0 radical (unpaired) electrons. The Balaban J connectivity index is 1.70. The highest BCUT2D eigenvalue weighted by Crippen LogP contribution is 2.39. The van der Waals surface area contributed by atoms with Crippen molar-refractivity contribution in [3.05, 3.63) is 48.3 Å². The van der Waals surface area contributed by atoms with E-state index in [1.807, 2.05) is 22.8 Å². The van der Waals surface area contributed by atoms with E-state index in [1.165, 1.54) is 0 Å². The number of fused-ring (bicyclic) bond motifs is 1. The smallest absolute Gasteiger partial charge is 0.225 e. The Morgan fingerprint density at radius 2 is 1.76 bits per heavy atom. The summed E-state index contributed by atoms with van der Waals surface area (Å²) in [5, 5.41) is 3.26. The van der Waals surface area contributed by atoms with Crippen LogP contribution in [-0.2, 0) is 0 Å². The second-order valence-electron chi connectivity index (χ2n) is 5.89. The molecule has 3 heterocycles. The van der Waals surface area contributed by atoms with E-state index < -0.39 is 0 Å². The van der Waals surface area contributed by atoms with Crippen LogP contribution >= 0.6 is 11.6 Å². The summed E-state index contributed by atoms with van der Waals surface area (Å²) in [5.74, 6) is 2.63. The highest BCUT2D eigenvalue weighted by atomic mass is 35.5. The zero-order chi connectivity index (χ0) is 20.4. The number of hydrogen-bond acceptors (Lipinski definition) is 8. The Bertz CT molecular complexity index is 1150. The van der Waals surface area contributed by atoms with Crippen LogP contribution in [-0.4, -0.2) is 45.8 Å². The van der Waals surface area contributed by atoms with Gasteiger partial charge in [0.2, 0.25) is 11.0 Å². The summed E-state index contributed by atoms with van der Waals surface area (Å²) in [6.45, 7) is 0. The minimum atomic E-state index is 0.122. The molecule has 0 aliphatic carbocycles. The third-order valence-electron chi connectivity index (χ3n) is 4.20. The molecule has 0 saturated heterocycles. The molecule has 29 heavy (non-hydrogen) atoms. The first kappa shape index (κ1) is 18.8. The molecule has 0 amide bonds. The maximum atomic E-state index is 6.03. The molecule has 1 N–H and O–H groups in total. The summed E-state index contributed by atoms with van der Waals surface area (Å²) < 4.78 is 18.0. The van der Waals surface area contributed by atoms with Gasteiger partial charge in [0.15, 0.2) is 17.3 Å². The Labute approximate surface area is 171 Å². The Kier molecular flexibility index (Phi) is 5.05. The molecule has 0 aliphatic heterocycles. The highest BCUT2D eigenvalue weighted by molar-refractivity contribution is 6.28. The predicted octanol–water partition coefficient (Wildman–Crippen LogP) is 3.63. The highest BCUT2D eigenvalue weighted by Gasteiger charge is 2.15. The minimum absolute atomic E-state index is 0.122. The normalized spacial score (nSPS) is 10.8. The molecule has 0 fully saturated rings. The van der Waals surface area contributed by atoms with Crippen molar-refractivity contribution in [3.63, 3.8) is 0 Å². The summed E-state index contributed by atoms with van der Waals surface area (Å²) in [5.41, 5.74) is 2.02. The monoisotopic (exact) mass is 412 g/mol. The van der Waals surface area contributed by atoms with E-state index in [4.69, 9.17) is 25.8 Å². The second-order valence-corrected chi connectivity index (χ2v) is 6.23. The van der Waals surface area contributed by atoms with Crippen LogP contribution in [0.25, 0.3) is 16.7 Å². The zero-order valence-electron chi connectivity index (χ0n) is 15.9. The number of aromatic nitrogens is 5. The third-order valence-corrected chi connectivity index (χ3v) is 4.37. The van der Waals surface area contributed by atoms with Crippen molar-refractivity contribution in [2.45, 2.75) is 0 Å². The van der Waals surface area contributed by atoms with Gasteiger partial charge in [-0.3, -0.25) is 4.98 Å². The minimum Gasteiger partial charge on any atom is -0.493 e. The molecule has 0 bridgehead atoms. The number of anilines is 2. The van der Waals surface area contributed by atoms with Crippen molar-refractivity contribution in [1.29, 1.82) is 0 Å². The van der Waals surface area contributed by atoms with Gasteiger partial charge in [0.05, 0.1) is 38.7 Å². The van der Waals surface area contributed by atoms with Crippen LogP contribution < -0.4 is 19.5 Å². The van der Waals surface area contributed by atoms with Crippen molar-refractivity contribution in [3.8, 4) is 22.9 Å². The molecule has 0 saturated carbocycles. The fourth-order valence-electron chi connectivity index (χ4n) is 2.89. The second kappa shape index (κ2) is 7.80. The number of imidazole rings is 1. The fraction of sp³-hybridized carbons (Fsp3) is 0.158. The molecule has 10 heteroatoms. The molecular weight excluding hydrogens is 396 g/mol. The molecule has 3 aromatic heterocycles. The topological polar surface area (TPSA) is 96.2 Å². The van der Waals surface area contributed by atoms with Gasteiger partial charge in [0.25, 0.3) is 0 Å². The van der Waals surface area contributed by atoms with Crippen molar-refractivity contribution in [1.82, 2.24) is 24.5 Å². The lowest BCUT2D eigenvalue weighted by atomic mass is 10.2. The van der Waals surface area contributed by atoms with E-state index in [1.54, 1.807) is 46.1 Å². The van der Waals surface area contributed by atoms with Gasteiger partial charge in [0, 0.05) is 18.3 Å². The van der Waals surface area contributed by atoms with Gasteiger partial charge < -0.3 is 24.1 Å². The van der Waals surface area contributed by atoms with Crippen LogP contribution in [0.4, 0.5) is 11.6 Å². The molecule has 1 aromatic carbocycles. The fourth-order valence-corrected chi connectivity index (χ4v) is 3.07. The number of pyridine rings is 1. The van der Waals surface area contributed by atoms with Crippen LogP contribution in [0.15, 0.2) is 43.0 Å². The lowest BCUT2D eigenvalue weighted by Gasteiger charge is -2.14. The summed E-state index contributed by atoms with van der Waals surface area (Å²) in [6.07, 6.45) is 5.12. The number of nitrogens with one attached hydrogen (secondary N) is 1. The quantitative estimate of drug-likeness (QED) is 0.479. The maximum Gasteiger partial charge on any atom is 0.225 e. The number of nitrogens with zero attached hydrogens (tertiary/aromatic N) is 5. The van der Waals surface area contributed by atoms with Gasteiger partial charge in [-0.25, -0.2) is 9.97 Å².